The van der Waals surface area contributed by atoms with Crippen LogP contribution in [0.1, 0.15) is 28.1 Å². The van der Waals surface area contributed by atoms with Crippen LogP contribution in [0.3, 0.4) is 0 Å². The monoisotopic (exact) mass is 312 g/mol. The number of ether oxygens (including phenoxy) is 1. The lowest BCUT2D eigenvalue weighted by Gasteiger charge is -2.14. The summed E-state index contributed by atoms with van der Waals surface area (Å²) < 4.78 is 10.9. The fourth-order valence-corrected chi connectivity index (χ4v) is 2.52. The molecule has 1 amide bonds. The molecule has 1 aliphatic rings. The third-order valence-electron chi connectivity index (χ3n) is 3.75. The van der Waals surface area contributed by atoms with E-state index >= 15 is 0 Å². The quantitative estimate of drug-likeness (QED) is 0.932. The number of benzene rings is 1. The van der Waals surface area contributed by atoms with Crippen molar-refractivity contribution in [3.63, 3.8) is 0 Å². The molecule has 0 radical (unpaired) electrons. The average molecular weight is 312 g/mol. The van der Waals surface area contributed by atoms with Crippen LogP contribution in [0.15, 0.2) is 41.0 Å². The van der Waals surface area contributed by atoms with Crippen molar-refractivity contribution in [3.8, 4) is 11.8 Å². The number of amides is 1. The summed E-state index contributed by atoms with van der Waals surface area (Å²) in [5.74, 6) is 0.548. The second-order valence-corrected chi connectivity index (χ2v) is 5.40. The van der Waals surface area contributed by atoms with Crippen molar-refractivity contribution in [3.05, 3.63) is 53.5 Å². The van der Waals surface area contributed by atoms with Crippen molar-refractivity contribution in [2.75, 3.05) is 13.1 Å². The van der Waals surface area contributed by atoms with E-state index in [9.17, 15) is 9.90 Å². The van der Waals surface area contributed by atoms with Gasteiger partial charge in [0, 0.05) is 18.7 Å². The van der Waals surface area contributed by atoms with Crippen molar-refractivity contribution in [1.82, 2.24) is 4.90 Å². The topological polar surface area (TPSA) is 86.7 Å². The second kappa shape index (κ2) is 6.55. The highest BCUT2D eigenvalue weighted by Crippen LogP contribution is 2.20. The molecule has 1 aromatic carbocycles. The standard InChI is InChI=1S/C17H16N2O4/c18-9-12-2-1-3-15(8-12)23-11-13-5-7-22-16(13)17(21)19-6-4-14(20)10-19/h1-3,5,7-8,14,20H,4,6,10-11H2/t14-/m1/s1. The van der Waals surface area contributed by atoms with Gasteiger partial charge in [-0.25, -0.2) is 0 Å². The zero-order valence-corrected chi connectivity index (χ0v) is 12.4. The summed E-state index contributed by atoms with van der Waals surface area (Å²) in [6, 6.07) is 10.6. The van der Waals surface area contributed by atoms with Gasteiger partial charge in [-0.1, -0.05) is 6.07 Å². The van der Waals surface area contributed by atoms with Gasteiger partial charge in [0.05, 0.1) is 24.0 Å². The highest BCUT2D eigenvalue weighted by Gasteiger charge is 2.28. The van der Waals surface area contributed by atoms with E-state index in [1.54, 1.807) is 35.2 Å². The van der Waals surface area contributed by atoms with Gasteiger partial charge in [-0.2, -0.15) is 5.26 Å². The number of likely N-dealkylation sites (tertiary alicyclic amines) is 1. The maximum atomic E-state index is 12.4. The number of nitrogens with zero attached hydrogens (tertiary/aromatic N) is 2. The van der Waals surface area contributed by atoms with Crippen LogP contribution in [0.2, 0.25) is 0 Å². The maximum Gasteiger partial charge on any atom is 0.290 e. The van der Waals surface area contributed by atoms with Gasteiger partial charge in [-0.05, 0) is 30.7 Å². The van der Waals surface area contributed by atoms with Crippen LogP contribution in [0.4, 0.5) is 0 Å². The Morgan fingerprint density at radius 3 is 3.09 bits per heavy atom. The summed E-state index contributed by atoms with van der Waals surface area (Å²) in [6.07, 6.45) is 1.56. The van der Waals surface area contributed by atoms with Crippen LogP contribution < -0.4 is 4.74 Å². The number of carbonyl (C=O) groups excluding carboxylic acids is 1. The summed E-state index contributed by atoms with van der Waals surface area (Å²) in [6.45, 7) is 1.01. The zero-order chi connectivity index (χ0) is 16.2. The lowest BCUT2D eigenvalue weighted by Crippen LogP contribution is -2.30. The van der Waals surface area contributed by atoms with Gasteiger partial charge in [0.15, 0.2) is 5.76 Å². The molecule has 0 unspecified atom stereocenters. The number of aliphatic hydroxyl groups is 1. The number of nitriles is 1. The van der Waals surface area contributed by atoms with Crippen LogP contribution in [0.25, 0.3) is 0 Å². The molecule has 1 aromatic heterocycles. The normalized spacial score (nSPS) is 17.0. The molecule has 118 valence electrons. The smallest absolute Gasteiger partial charge is 0.290 e. The molecule has 1 atom stereocenters. The Morgan fingerprint density at radius 2 is 2.35 bits per heavy atom. The van der Waals surface area contributed by atoms with Crippen LogP contribution in [-0.4, -0.2) is 35.1 Å². The molecule has 0 aliphatic carbocycles. The van der Waals surface area contributed by atoms with E-state index in [1.807, 2.05) is 6.07 Å². The largest absolute Gasteiger partial charge is 0.489 e. The number of rotatable bonds is 4. The van der Waals surface area contributed by atoms with E-state index in [0.29, 0.717) is 36.4 Å². The highest BCUT2D eigenvalue weighted by atomic mass is 16.5. The molecule has 23 heavy (non-hydrogen) atoms. The van der Waals surface area contributed by atoms with E-state index in [2.05, 4.69) is 0 Å². The van der Waals surface area contributed by atoms with E-state index in [1.165, 1.54) is 6.26 Å². The zero-order valence-electron chi connectivity index (χ0n) is 12.4. The average Bonchev–Trinajstić information content (AvgIpc) is 3.21. The van der Waals surface area contributed by atoms with Crippen LogP contribution in [-0.2, 0) is 6.61 Å². The Morgan fingerprint density at radius 1 is 1.48 bits per heavy atom. The Balaban J connectivity index is 1.69. The van der Waals surface area contributed by atoms with Crippen LogP contribution in [0.5, 0.6) is 5.75 Å². The molecule has 2 aromatic rings. The molecule has 1 fully saturated rings. The first-order chi connectivity index (χ1) is 11.2. The molecule has 0 bridgehead atoms. The number of carbonyl (C=O) groups is 1. The number of aliphatic hydroxyl groups excluding tert-OH is 1. The number of hydrogen-bond donors (Lipinski definition) is 1. The highest BCUT2D eigenvalue weighted by molar-refractivity contribution is 5.93. The molecule has 2 heterocycles. The Hall–Kier alpha value is -2.78. The summed E-state index contributed by atoms with van der Waals surface area (Å²) in [5.41, 5.74) is 1.15. The SMILES string of the molecule is N#Cc1cccc(OCc2ccoc2C(=O)N2CC[C@@H](O)C2)c1. The minimum atomic E-state index is -0.470. The second-order valence-electron chi connectivity index (χ2n) is 5.40. The fourth-order valence-electron chi connectivity index (χ4n) is 2.52. The predicted molar refractivity (Wildman–Crippen MR) is 80.7 cm³/mol. The van der Waals surface area contributed by atoms with E-state index in [4.69, 9.17) is 14.4 Å². The van der Waals surface area contributed by atoms with Crippen molar-refractivity contribution in [2.24, 2.45) is 0 Å². The third-order valence-corrected chi connectivity index (χ3v) is 3.75. The van der Waals surface area contributed by atoms with Gasteiger partial charge < -0.3 is 19.2 Å². The van der Waals surface area contributed by atoms with E-state index < -0.39 is 6.10 Å². The van der Waals surface area contributed by atoms with Gasteiger partial charge in [-0.15, -0.1) is 0 Å². The lowest BCUT2D eigenvalue weighted by molar-refractivity contribution is 0.0730. The van der Waals surface area contributed by atoms with E-state index in [0.717, 1.165) is 0 Å². The molecule has 6 nitrogen and oxygen atoms in total. The first-order valence-corrected chi connectivity index (χ1v) is 7.34. The summed E-state index contributed by atoms with van der Waals surface area (Å²) in [7, 11) is 0. The molecule has 1 aliphatic heterocycles. The number of β-amino-alcohol motifs (C(OH)–C–C–N with tert-alkyl or cyclic N) is 1. The fraction of sp³-hybridized carbons (Fsp3) is 0.294. The van der Waals surface area contributed by atoms with E-state index in [-0.39, 0.29) is 18.3 Å². The maximum absolute atomic E-state index is 12.4. The van der Waals surface area contributed by atoms with Gasteiger partial charge in [0.25, 0.3) is 5.91 Å². The Kier molecular flexibility index (Phi) is 4.31. The number of furan rings is 1. The van der Waals surface area contributed by atoms with Crippen molar-refractivity contribution in [1.29, 1.82) is 5.26 Å². The van der Waals surface area contributed by atoms with Gasteiger partial charge in [0.2, 0.25) is 0 Å². The van der Waals surface area contributed by atoms with Crippen molar-refractivity contribution >= 4 is 5.91 Å². The van der Waals surface area contributed by atoms with Crippen LogP contribution >= 0.6 is 0 Å². The summed E-state index contributed by atoms with van der Waals surface area (Å²) in [4.78, 5) is 14.0. The Bertz CT molecular complexity index is 747. The van der Waals surface area contributed by atoms with Crippen LogP contribution in [0, 0.1) is 11.3 Å². The van der Waals surface area contributed by atoms with Gasteiger partial charge in [-0.3, -0.25) is 4.79 Å². The molecular formula is C17H16N2O4. The first-order valence-electron chi connectivity index (χ1n) is 7.34. The molecule has 3 rings (SSSR count). The van der Waals surface area contributed by atoms with Gasteiger partial charge in [0.1, 0.15) is 12.4 Å². The summed E-state index contributed by atoms with van der Waals surface area (Å²) >= 11 is 0. The van der Waals surface area contributed by atoms with Gasteiger partial charge >= 0.3 is 0 Å². The molecule has 0 saturated carbocycles. The molecular weight excluding hydrogens is 296 g/mol. The molecule has 1 saturated heterocycles. The number of hydrogen-bond acceptors (Lipinski definition) is 5. The molecule has 0 spiro atoms. The lowest BCUT2D eigenvalue weighted by atomic mass is 10.2. The third kappa shape index (κ3) is 3.35. The minimum absolute atomic E-state index is 0.169. The first kappa shape index (κ1) is 15.1. The molecule has 1 N–H and O–H groups in total. The predicted octanol–water partition coefficient (Wildman–Crippen LogP) is 1.94. The Labute approximate surface area is 133 Å². The molecule has 6 heteroatoms. The van der Waals surface area contributed by atoms with Crippen molar-refractivity contribution in [2.45, 2.75) is 19.1 Å². The minimum Gasteiger partial charge on any atom is -0.489 e. The summed E-state index contributed by atoms with van der Waals surface area (Å²) in [5, 5.41) is 18.4. The van der Waals surface area contributed by atoms with Crippen molar-refractivity contribution < 1.29 is 19.1 Å².